The van der Waals surface area contributed by atoms with Crippen LogP contribution in [0.25, 0.3) is 0 Å². The van der Waals surface area contributed by atoms with Crippen molar-refractivity contribution in [3.63, 3.8) is 0 Å². The van der Waals surface area contributed by atoms with Crippen LogP contribution in [-0.4, -0.2) is 28.1 Å². The molecule has 0 aliphatic rings. The van der Waals surface area contributed by atoms with Crippen molar-refractivity contribution < 1.29 is 9.47 Å². The molecule has 0 amide bonds. The highest BCUT2D eigenvalue weighted by atomic mass is 35.5. The van der Waals surface area contributed by atoms with Gasteiger partial charge in [-0.1, -0.05) is 11.6 Å². The number of halogens is 1. The lowest BCUT2D eigenvalue weighted by Gasteiger charge is -2.10. The van der Waals surface area contributed by atoms with E-state index in [1.807, 2.05) is 13.8 Å². The summed E-state index contributed by atoms with van der Waals surface area (Å²) in [6.45, 7) is 5.60. The monoisotopic (exact) mass is 308 g/mol. The number of anilines is 1. The number of pyridine rings is 1. The zero-order valence-electron chi connectivity index (χ0n) is 12.0. The van der Waals surface area contributed by atoms with E-state index in [4.69, 9.17) is 21.1 Å². The minimum Gasteiger partial charge on any atom is -0.437 e. The molecule has 0 aliphatic carbocycles. The van der Waals surface area contributed by atoms with E-state index in [0.717, 1.165) is 6.54 Å². The molecule has 2 aromatic heterocycles. The van der Waals surface area contributed by atoms with Crippen molar-refractivity contribution in [1.29, 1.82) is 0 Å². The highest BCUT2D eigenvalue weighted by Crippen LogP contribution is 2.23. The lowest BCUT2D eigenvalue weighted by Crippen LogP contribution is -2.06. The van der Waals surface area contributed by atoms with E-state index in [1.54, 1.807) is 24.5 Å². The van der Waals surface area contributed by atoms with Gasteiger partial charge in [-0.25, -0.2) is 4.98 Å². The first kappa shape index (κ1) is 15.5. The molecular formula is C14H17ClN4O2. The van der Waals surface area contributed by atoms with Crippen molar-refractivity contribution in [2.75, 3.05) is 18.5 Å². The fourth-order valence-electron chi connectivity index (χ4n) is 1.62. The summed E-state index contributed by atoms with van der Waals surface area (Å²) in [5.74, 6) is 2.18. The second-order valence-electron chi connectivity index (χ2n) is 4.12. The minimum atomic E-state index is 0.333. The number of nitrogens with zero attached hydrogens (tertiary/aromatic N) is 3. The molecule has 0 radical (unpaired) electrons. The molecule has 6 nitrogen and oxygen atoms in total. The molecular weight excluding hydrogens is 292 g/mol. The number of hydrogen-bond donors (Lipinski definition) is 1. The lowest BCUT2D eigenvalue weighted by atomic mass is 10.4. The van der Waals surface area contributed by atoms with Crippen LogP contribution in [0.4, 0.5) is 5.82 Å². The molecule has 0 bridgehead atoms. The summed E-state index contributed by atoms with van der Waals surface area (Å²) < 4.78 is 11.0. The normalized spacial score (nSPS) is 10.4. The average Bonchev–Trinajstić information content (AvgIpc) is 2.45. The zero-order valence-corrected chi connectivity index (χ0v) is 12.7. The quantitative estimate of drug-likeness (QED) is 0.846. The predicted octanol–water partition coefficient (Wildman–Crippen LogP) is 3.29. The van der Waals surface area contributed by atoms with Crippen molar-refractivity contribution in [2.24, 2.45) is 0 Å². The first-order valence-corrected chi connectivity index (χ1v) is 7.07. The SMILES string of the molecule is CCNc1cc(Oc2cncc(Cl)c2)nc(COCC)n1. The smallest absolute Gasteiger partial charge is 0.224 e. The van der Waals surface area contributed by atoms with Crippen LogP contribution in [0.3, 0.4) is 0 Å². The Morgan fingerprint density at radius 2 is 2.05 bits per heavy atom. The van der Waals surface area contributed by atoms with Crippen LogP contribution in [0.5, 0.6) is 11.6 Å². The molecule has 0 atom stereocenters. The molecule has 21 heavy (non-hydrogen) atoms. The first-order valence-electron chi connectivity index (χ1n) is 6.69. The molecule has 0 fully saturated rings. The second-order valence-corrected chi connectivity index (χ2v) is 4.55. The van der Waals surface area contributed by atoms with Crippen molar-refractivity contribution >= 4 is 17.4 Å². The fraction of sp³-hybridized carbons (Fsp3) is 0.357. The third-order valence-corrected chi connectivity index (χ3v) is 2.65. The summed E-state index contributed by atoms with van der Waals surface area (Å²) >= 11 is 5.88. The Morgan fingerprint density at radius 1 is 1.19 bits per heavy atom. The summed E-state index contributed by atoms with van der Waals surface area (Å²) in [4.78, 5) is 12.6. The van der Waals surface area contributed by atoms with E-state index in [-0.39, 0.29) is 0 Å². The molecule has 7 heteroatoms. The average molecular weight is 309 g/mol. The molecule has 0 aliphatic heterocycles. The Hall–Kier alpha value is -1.92. The molecule has 2 aromatic rings. The molecule has 2 rings (SSSR count). The van der Waals surface area contributed by atoms with Gasteiger partial charge in [0.15, 0.2) is 5.82 Å². The standard InChI is InChI=1S/C14H17ClN4O2/c1-3-17-12-6-14(19-13(18-12)9-20-4-2)21-11-5-10(15)7-16-8-11/h5-8H,3-4,9H2,1-2H3,(H,17,18,19). The number of nitrogens with one attached hydrogen (secondary N) is 1. The second kappa shape index (κ2) is 7.75. The third-order valence-electron chi connectivity index (χ3n) is 2.44. The molecule has 2 heterocycles. The molecule has 0 saturated carbocycles. The highest BCUT2D eigenvalue weighted by Gasteiger charge is 2.07. The van der Waals surface area contributed by atoms with E-state index >= 15 is 0 Å². The van der Waals surface area contributed by atoms with Gasteiger partial charge in [0.2, 0.25) is 5.88 Å². The lowest BCUT2D eigenvalue weighted by molar-refractivity contribution is 0.128. The van der Waals surface area contributed by atoms with Gasteiger partial charge >= 0.3 is 0 Å². The zero-order chi connectivity index (χ0) is 15.1. The summed E-state index contributed by atoms with van der Waals surface area (Å²) in [5, 5.41) is 3.64. The van der Waals surface area contributed by atoms with Crippen molar-refractivity contribution in [3.8, 4) is 11.6 Å². The molecule has 112 valence electrons. The number of rotatable bonds is 7. The van der Waals surface area contributed by atoms with Crippen molar-refractivity contribution in [2.45, 2.75) is 20.5 Å². The van der Waals surface area contributed by atoms with Crippen LogP contribution in [0.2, 0.25) is 5.02 Å². The summed E-state index contributed by atoms with van der Waals surface area (Å²) in [6, 6.07) is 3.39. The maximum Gasteiger partial charge on any atom is 0.224 e. The van der Waals surface area contributed by atoms with Crippen LogP contribution < -0.4 is 10.1 Å². The molecule has 0 aromatic carbocycles. The van der Waals surface area contributed by atoms with E-state index < -0.39 is 0 Å². The number of ether oxygens (including phenoxy) is 2. The van der Waals surface area contributed by atoms with Crippen LogP contribution in [0.1, 0.15) is 19.7 Å². The van der Waals surface area contributed by atoms with Gasteiger partial charge in [0.05, 0.1) is 11.2 Å². The number of hydrogen-bond acceptors (Lipinski definition) is 6. The van der Waals surface area contributed by atoms with E-state index in [2.05, 4.69) is 20.3 Å². The predicted molar refractivity (Wildman–Crippen MR) is 80.8 cm³/mol. The van der Waals surface area contributed by atoms with E-state index in [0.29, 0.717) is 41.5 Å². The van der Waals surface area contributed by atoms with Gasteiger partial charge in [0.25, 0.3) is 0 Å². The van der Waals surface area contributed by atoms with E-state index in [1.165, 1.54) is 0 Å². The van der Waals surface area contributed by atoms with Crippen molar-refractivity contribution in [1.82, 2.24) is 15.0 Å². The van der Waals surface area contributed by atoms with Gasteiger partial charge < -0.3 is 14.8 Å². The topological polar surface area (TPSA) is 69.2 Å². The fourth-order valence-corrected chi connectivity index (χ4v) is 1.79. The van der Waals surface area contributed by atoms with Crippen LogP contribution in [0.15, 0.2) is 24.5 Å². The maximum absolute atomic E-state index is 5.88. The highest BCUT2D eigenvalue weighted by molar-refractivity contribution is 6.30. The van der Waals surface area contributed by atoms with Crippen LogP contribution in [-0.2, 0) is 11.3 Å². The molecule has 1 N–H and O–H groups in total. The first-order chi connectivity index (χ1) is 10.2. The summed E-state index contributed by atoms with van der Waals surface area (Å²) in [6.07, 6.45) is 3.11. The Morgan fingerprint density at radius 3 is 2.76 bits per heavy atom. The summed E-state index contributed by atoms with van der Waals surface area (Å²) in [5.41, 5.74) is 0. The third kappa shape index (κ3) is 4.84. The van der Waals surface area contributed by atoms with Gasteiger partial charge in [-0.3, -0.25) is 4.98 Å². The molecule has 0 spiro atoms. The largest absolute Gasteiger partial charge is 0.437 e. The van der Waals surface area contributed by atoms with Gasteiger partial charge in [-0.05, 0) is 13.8 Å². The number of aromatic nitrogens is 3. The van der Waals surface area contributed by atoms with Crippen LogP contribution in [0, 0.1) is 0 Å². The Bertz CT molecular complexity index is 595. The Balaban J connectivity index is 2.22. The van der Waals surface area contributed by atoms with Gasteiger partial charge in [-0.2, -0.15) is 4.98 Å². The van der Waals surface area contributed by atoms with Gasteiger partial charge in [0.1, 0.15) is 18.2 Å². The van der Waals surface area contributed by atoms with Gasteiger partial charge in [0, 0.05) is 31.5 Å². The summed E-state index contributed by atoms with van der Waals surface area (Å²) in [7, 11) is 0. The maximum atomic E-state index is 5.88. The Kier molecular flexibility index (Phi) is 5.71. The van der Waals surface area contributed by atoms with E-state index in [9.17, 15) is 0 Å². The Labute approximate surface area is 128 Å². The van der Waals surface area contributed by atoms with Crippen molar-refractivity contribution in [3.05, 3.63) is 35.4 Å². The minimum absolute atomic E-state index is 0.333. The molecule has 0 saturated heterocycles. The van der Waals surface area contributed by atoms with Gasteiger partial charge in [-0.15, -0.1) is 0 Å². The molecule has 0 unspecified atom stereocenters. The van der Waals surface area contributed by atoms with Crippen LogP contribution >= 0.6 is 11.6 Å².